The Morgan fingerprint density at radius 2 is 2.05 bits per heavy atom. The molecule has 1 aliphatic carbocycles. The molecule has 2 heterocycles. The number of hydrogen-bond acceptors (Lipinski definition) is 4. The summed E-state index contributed by atoms with van der Waals surface area (Å²) in [5.41, 5.74) is 6.83. The number of carbonyl (C=O) groups is 3. The molecule has 1 saturated carbocycles. The Morgan fingerprint density at radius 3 is 2.59 bits per heavy atom. The van der Waals surface area contributed by atoms with Crippen molar-refractivity contribution in [3.63, 3.8) is 0 Å². The third kappa shape index (κ3) is 2.61. The zero-order chi connectivity index (χ0) is 15.9. The first-order valence-electron chi connectivity index (χ1n) is 7.48. The number of nitrogens with two attached hydrogens (primary N) is 1. The molecule has 1 aromatic rings. The maximum atomic E-state index is 12.1. The molecule has 0 radical (unpaired) electrons. The van der Waals surface area contributed by atoms with Crippen molar-refractivity contribution in [2.45, 2.75) is 39.2 Å². The quantitative estimate of drug-likeness (QED) is 0.883. The monoisotopic (exact) mass is 321 g/mol. The number of primary amides is 1. The minimum Gasteiger partial charge on any atom is -0.365 e. The van der Waals surface area contributed by atoms with Crippen molar-refractivity contribution < 1.29 is 14.4 Å². The van der Waals surface area contributed by atoms with Crippen LogP contribution >= 0.6 is 11.3 Å². The van der Waals surface area contributed by atoms with E-state index in [9.17, 15) is 14.4 Å². The second kappa shape index (κ2) is 5.72. The molecular weight excluding hydrogens is 302 g/mol. The van der Waals surface area contributed by atoms with Crippen molar-refractivity contribution in [2.24, 2.45) is 11.7 Å². The molecule has 118 valence electrons. The molecule has 1 fully saturated rings. The van der Waals surface area contributed by atoms with Crippen LogP contribution in [-0.2, 0) is 22.6 Å². The van der Waals surface area contributed by atoms with Gasteiger partial charge in [-0.25, -0.2) is 0 Å². The van der Waals surface area contributed by atoms with Crippen molar-refractivity contribution in [3.05, 3.63) is 16.0 Å². The molecule has 0 aromatic carbocycles. The molecule has 3 N–H and O–H groups in total. The Bertz CT molecular complexity index is 649. The number of fused-ring (bicyclic) bond motifs is 1. The normalized spacial score (nSPS) is 17.6. The molecule has 0 bridgehead atoms. The lowest BCUT2D eigenvalue weighted by molar-refractivity contribution is -0.129. The average molecular weight is 321 g/mol. The highest BCUT2D eigenvalue weighted by Gasteiger charge is 2.31. The number of anilines is 1. The highest BCUT2D eigenvalue weighted by molar-refractivity contribution is 7.17. The molecule has 0 unspecified atom stereocenters. The molecule has 3 rings (SSSR count). The second-order valence-electron chi connectivity index (χ2n) is 5.88. The van der Waals surface area contributed by atoms with Gasteiger partial charge < -0.3 is 16.0 Å². The molecule has 0 spiro atoms. The van der Waals surface area contributed by atoms with Crippen LogP contribution in [0.2, 0.25) is 0 Å². The van der Waals surface area contributed by atoms with Gasteiger partial charge in [0.15, 0.2) is 0 Å². The van der Waals surface area contributed by atoms with Gasteiger partial charge in [0.2, 0.25) is 11.8 Å². The summed E-state index contributed by atoms with van der Waals surface area (Å²) in [6.07, 6.45) is 3.49. The van der Waals surface area contributed by atoms with E-state index in [0.717, 1.165) is 29.7 Å². The van der Waals surface area contributed by atoms with Crippen LogP contribution in [-0.4, -0.2) is 29.2 Å². The number of thiophene rings is 1. The summed E-state index contributed by atoms with van der Waals surface area (Å²) in [5, 5.41) is 3.41. The van der Waals surface area contributed by atoms with E-state index in [1.807, 2.05) is 0 Å². The van der Waals surface area contributed by atoms with Crippen LogP contribution in [0.15, 0.2) is 0 Å². The predicted molar refractivity (Wildman–Crippen MR) is 83.6 cm³/mol. The van der Waals surface area contributed by atoms with Crippen molar-refractivity contribution in [3.8, 4) is 0 Å². The molecule has 1 aliphatic heterocycles. The lowest BCUT2D eigenvalue weighted by atomic mass is 9.85. The third-order valence-corrected chi connectivity index (χ3v) is 5.59. The van der Waals surface area contributed by atoms with Gasteiger partial charge in [0.1, 0.15) is 5.00 Å². The molecule has 6 nitrogen and oxygen atoms in total. The number of hydrogen-bond donors (Lipinski definition) is 2. The summed E-state index contributed by atoms with van der Waals surface area (Å²) in [7, 11) is 0. The van der Waals surface area contributed by atoms with Gasteiger partial charge in [0, 0.05) is 24.3 Å². The van der Waals surface area contributed by atoms with Crippen LogP contribution in [0, 0.1) is 5.92 Å². The fourth-order valence-corrected chi connectivity index (χ4v) is 4.18. The van der Waals surface area contributed by atoms with Crippen LogP contribution < -0.4 is 11.1 Å². The van der Waals surface area contributed by atoms with Crippen molar-refractivity contribution >= 4 is 34.1 Å². The predicted octanol–water partition coefficient (Wildman–Crippen LogP) is 1.49. The van der Waals surface area contributed by atoms with Crippen LogP contribution in [0.1, 0.15) is 47.0 Å². The van der Waals surface area contributed by atoms with Gasteiger partial charge >= 0.3 is 0 Å². The van der Waals surface area contributed by atoms with Gasteiger partial charge in [-0.3, -0.25) is 14.4 Å². The van der Waals surface area contributed by atoms with E-state index in [2.05, 4.69) is 5.32 Å². The summed E-state index contributed by atoms with van der Waals surface area (Å²) in [5.74, 6) is -0.484. The SMILES string of the molecule is CC(=O)N1CCc2c(sc(NC(=O)C3CCC3)c2C(N)=O)C1. The van der Waals surface area contributed by atoms with Crippen LogP contribution in [0.25, 0.3) is 0 Å². The summed E-state index contributed by atoms with van der Waals surface area (Å²) >= 11 is 1.37. The smallest absolute Gasteiger partial charge is 0.251 e. The van der Waals surface area contributed by atoms with E-state index < -0.39 is 5.91 Å². The molecule has 7 heteroatoms. The molecular formula is C15H19N3O3S. The highest BCUT2D eigenvalue weighted by Crippen LogP contribution is 2.38. The molecule has 22 heavy (non-hydrogen) atoms. The Kier molecular flexibility index (Phi) is 3.90. The molecule has 1 aromatic heterocycles. The van der Waals surface area contributed by atoms with Gasteiger partial charge in [-0.1, -0.05) is 6.42 Å². The molecule has 0 atom stereocenters. The molecule has 3 amide bonds. The highest BCUT2D eigenvalue weighted by atomic mass is 32.1. The zero-order valence-corrected chi connectivity index (χ0v) is 13.3. The summed E-state index contributed by atoms with van der Waals surface area (Å²) < 4.78 is 0. The minimum atomic E-state index is -0.516. The molecule has 2 aliphatic rings. The largest absolute Gasteiger partial charge is 0.365 e. The van der Waals surface area contributed by atoms with E-state index in [1.165, 1.54) is 18.3 Å². The van der Waals surface area contributed by atoms with Gasteiger partial charge in [0.25, 0.3) is 5.91 Å². The van der Waals surface area contributed by atoms with Crippen LogP contribution in [0.3, 0.4) is 0 Å². The second-order valence-corrected chi connectivity index (χ2v) is 6.98. The number of amides is 3. The first kappa shape index (κ1) is 15.0. The Hall–Kier alpha value is -1.89. The third-order valence-electron chi connectivity index (χ3n) is 4.46. The van der Waals surface area contributed by atoms with Gasteiger partial charge in [-0.15, -0.1) is 11.3 Å². The van der Waals surface area contributed by atoms with Crippen LogP contribution in [0.5, 0.6) is 0 Å². The lowest BCUT2D eigenvalue weighted by Gasteiger charge is -2.25. The number of rotatable bonds is 3. The van der Waals surface area contributed by atoms with Gasteiger partial charge in [-0.2, -0.15) is 0 Å². The first-order valence-corrected chi connectivity index (χ1v) is 8.29. The molecule has 0 saturated heterocycles. The van der Waals surface area contributed by atoms with E-state index in [0.29, 0.717) is 30.1 Å². The first-order chi connectivity index (χ1) is 10.5. The van der Waals surface area contributed by atoms with Gasteiger partial charge in [-0.05, 0) is 24.8 Å². The average Bonchev–Trinajstić information content (AvgIpc) is 2.72. The van der Waals surface area contributed by atoms with Gasteiger partial charge in [0.05, 0.1) is 12.1 Å². The Balaban J connectivity index is 1.88. The fraction of sp³-hybridized carbons (Fsp3) is 0.533. The lowest BCUT2D eigenvalue weighted by Crippen LogP contribution is -2.34. The number of carbonyl (C=O) groups excluding carboxylic acids is 3. The van der Waals surface area contributed by atoms with Crippen molar-refractivity contribution in [2.75, 3.05) is 11.9 Å². The number of nitrogens with one attached hydrogen (secondary N) is 1. The fourth-order valence-electron chi connectivity index (χ4n) is 2.91. The maximum Gasteiger partial charge on any atom is 0.251 e. The van der Waals surface area contributed by atoms with Crippen LogP contribution in [0.4, 0.5) is 5.00 Å². The van der Waals surface area contributed by atoms with Crippen molar-refractivity contribution in [1.82, 2.24) is 4.90 Å². The standard InChI is InChI=1S/C15H19N3O3S/c1-8(19)18-6-5-10-11(7-18)22-15(12(10)13(16)20)17-14(21)9-3-2-4-9/h9H,2-7H2,1H3,(H2,16,20)(H,17,21). The van der Waals surface area contributed by atoms with E-state index in [1.54, 1.807) is 4.90 Å². The Labute approximate surface area is 132 Å². The van der Waals surface area contributed by atoms with E-state index in [-0.39, 0.29) is 17.7 Å². The van der Waals surface area contributed by atoms with E-state index in [4.69, 9.17) is 5.73 Å². The summed E-state index contributed by atoms with van der Waals surface area (Å²) in [6.45, 7) is 2.59. The summed E-state index contributed by atoms with van der Waals surface area (Å²) in [4.78, 5) is 38.1. The zero-order valence-electron chi connectivity index (χ0n) is 12.5. The number of nitrogens with zero attached hydrogens (tertiary/aromatic N) is 1. The minimum absolute atomic E-state index is 0.0136. The van der Waals surface area contributed by atoms with Crippen molar-refractivity contribution in [1.29, 1.82) is 0 Å². The Morgan fingerprint density at radius 1 is 1.32 bits per heavy atom. The maximum absolute atomic E-state index is 12.1. The topological polar surface area (TPSA) is 92.5 Å². The van der Waals surface area contributed by atoms with E-state index >= 15 is 0 Å². The summed E-state index contributed by atoms with van der Waals surface area (Å²) in [6, 6.07) is 0.